The Balaban J connectivity index is 1.79. The van der Waals surface area contributed by atoms with Gasteiger partial charge >= 0.3 is 0 Å². The number of rotatable bonds is 13. The Morgan fingerprint density at radius 2 is 0.729 bits per heavy atom. The lowest BCUT2D eigenvalue weighted by Gasteiger charge is -2.28. The fourth-order valence-electron chi connectivity index (χ4n) is 5.56. The first-order chi connectivity index (χ1) is 21.8. The van der Waals surface area contributed by atoms with Crippen LogP contribution in [0.1, 0.15) is 165 Å². The molecular formula is C40H60N2O6. The molecule has 2 aromatic rings. The van der Waals surface area contributed by atoms with Gasteiger partial charge in [-0.05, 0) is 58.8 Å². The van der Waals surface area contributed by atoms with Crippen LogP contribution in [0, 0.1) is 0 Å². The first-order valence-electron chi connectivity index (χ1n) is 17.2. The van der Waals surface area contributed by atoms with Crippen LogP contribution in [-0.4, -0.2) is 46.7 Å². The van der Waals surface area contributed by atoms with Gasteiger partial charge in [-0.3, -0.25) is 19.2 Å². The molecule has 0 radical (unpaired) electrons. The van der Waals surface area contributed by atoms with Crippen molar-refractivity contribution in [3.63, 3.8) is 0 Å². The van der Waals surface area contributed by atoms with Gasteiger partial charge in [-0.1, -0.05) is 95.9 Å². The van der Waals surface area contributed by atoms with Crippen LogP contribution in [0.2, 0.25) is 0 Å². The third-order valence-electron chi connectivity index (χ3n) is 8.49. The van der Waals surface area contributed by atoms with E-state index < -0.39 is 0 Å². The highest BCUT2D eigenvalue weighted by atomic mass is 16.3. The molecule has 2 amide bonds. The van der Waals surface area contributed by atoms with E-state index >= 15 is 0 Å². The molecule has 266 valence electrons. The number of nitrogens with one attached hydrogen (secondary N) is 2. The Morgan fingerprint density at radius 1 is 0.479 bits per heavy atom. The standard InChI is InChI=1S/C40H60N2O6/c1-37(2,3)27-19-25(20-28(35(27)47)38(4,5)6)31(43)23-33(45)41-17-15-13-14-16-18-42-34(46)24-32(44)26-21-29(39(7,8)9)36(48)30(22-26)40(10,11)12/h19-22,47-48H,13-18,23-24H2,1-12H3,(H,41,45)(H,42,46). The molecule has 8 nitrogen and oxygen atoms in total. The molecule has 8 heteroatoms. The molecule has 0 aromatic heterocycles. The summed E-state index contributed by atoms with van der Waals surface area (Å²) in [5, 5.41) is 27.5. The molecule has 48 heavy (non-hydrogen) atoms. The second-order valence-electron chi connectivity index (χ2n) is 17.2. The molecule has 0 bridgehead atoms. The summed E-state index contributed by atoms with van der Waals surface area (Å²) in [6.45, 7) is 24.7. The highest BCUT2D eigenvalue weighted by Gasteiger charge is 2.29. The van der Waals surface area contributed by atoms with E-state index in [9.17, 15) is 29.4 Å². The van der Waals surface area contributed by atoms with Crippen molar-refractivity contribution in [1.29, 1.82) is 0 Å². The van der Waals surface area contributed by atoms with Crippen LogP contribution in [0.5, 0.6) is 11.5 Å². The minimum Gasteiger partial charge on any atom is -0.507 e. The molecule has 0 atom stereocenters. The molecule has 0 heterocycles. The zero-order chi connectivity index (χ0) is 36.8. The maximum absolute atomic E-state index is 13.0. The predicted molar refractivity (Wildman–Crippen MR) is 193 cm³/mol. The van der Waals surface area contributed by atoms with Crippen LogP contribution in [0.4, 0.5) is 0 Å². The van der Waals surface area contributed by atoms with E-state index in [4.69, 9.17) is 0 Å². The number of unbranched alkanes of at least 4 members (excludes halogenated alkanes) is 3. The number of carbonyl (C=O) groups is 4. The van der Waals surface area contributed by atoms with Gasteiger partial charge in [-0.15, -0.1) is 0 Å². The van der Waals surface area contributed by atoms with Crippen molar-refractivity contribution in [2.45, 2.75) is 143 Å². The van der Waals surface area contributed by atoms with Crippen molar-refractivity contribution < 1.29 is 29.4 Å². The van der Waals surface area contributed by atoms with Gasteiger partial charge in [-0.25, -0.2) is 0 Å². The van der Waals surface area contributed by atoms with E-state index in [1.54, 1.807) is 24.3 Å². The first-order valence-corrected chi connectivity index (χ1v) is 17.2. The minimum absolute atomic E-state index is 0.197. The number of amides is 2. The summed E-state index contributed by atoms with van der Waals surface area (Å²) in [6.07, 6.45) is 2.62. The number of carbonyl (C=O) groups excluding carboxylic acids is 4. The average Bonchev–Trinajstić information content (AvgIpc) is 2.91. The van der Waals surface area contributed by atoms with E-state index in [1.807, 2.05) is 83.1 Å². The summed E-state index contributed by atoms with van der Waals surface area (Å²) < 4.78 is 0. The summed E-state index contributed by atoms with van der Waals surface area (Å²) in [6, 6.07) is 6.81. The molecule has 0 saturated heterocycles. The van der Waals surface area contributed by atoms with Crippen LogP contribution >= 0.6 is 0 Å². The third kappa shape index (κ3) is 11.5. The largest absolute Gasteiger partial charge is 0.507 e. The fourth-order valence-corrected chi connectivity index (χ4v) is 5.56. The van der Waals surface area contributed by atoms with Crippen molar-refractivity contribution in [2.24, 2.45) is 0 Å². The number of aromatic hydroxyl groups is 2. The Morgan fingerprint density at radius 3 is 0.958 bits per heavy atom. The van der Waals surface area contributed by atoms with Crippen molar-refractivity contribution in [3.8, 4) is 11.5 Å². The average molecular weight is 665 g/mol. The van der Waals surface area contributed by atoms with Gasteiger partial charge in [0.25, 0.3) is 0 Å². The third-order valence-corrected chi connectivity index (χ3v) is 8.49. The molecule has 0 unspecified atom stereocenters. The summed E-state index contributed by atoms with van der Waals surface area (Å²) in [4.78, 5) is 51.2. The van der Waals surface area contributed by atoms with Crippen LogP contribution in [-0.2, 0) is 31.2 Å². The molecule has 0 fully saturated rings. The van der Waals surface area contributed by atoms with Gasteiger partial charge in [0.1, 0.15) is 11.5 Å². The maximum atomic E-state index is 13.0. The summed E-state index contributed by atoms with van der Waals surface area (Å²) in [5.74, 6) is -0.847. The maximum Gasteiger partial charge on any atom is 0.227 e. The lowest BCUT2D eigenvalue weighted by Crippen LogP contribution is -2.27. The number of hydrogen-bond acceptors (Lipinski definition) is 6. The van der Waals surface area contributed by atoms with Crippen LogP contribution < -0.4 is 10.6 Å². The molecule has 0 spiro atoms. The number of hydrogen-bond donors (Lipinski definition) is 4. The molecule has 0 aliphatic heterocycles. The molecular weight excluding hydrogens is 604 g/mol. The molecule has 0 aliphatic rings. The predicted octanol–water partition coefficient (Wildman–Crippen LogP) is 7.93. The summed E-state index contributed by atoms with van der Waals surface area (Å²) in [5.41, 5.74) is 2.10. The number of benzene rings is 2. The molecule has 2 rings (SSSR count). The highest BCUT2D eigenvalue weighted by molar-refractivity contribution is 6.08. The van der Waals surface area contributed by atoms with Crippen molar-refractivity contribution >= 4 is 23.4 Å². The van der Waals surface area contributed by atoms with E-state index in [1.165, 1.54) is 0 Å². The lowest BCUT2D eigenvalue weighted by atomic mass is 9.78. The second-order valence-corrected chi connectivity index (χ2v) is 17.2. The van der Waals surface area contributed by atoms with Crippen LogP contribution in [0.3, 0.4) is 0 Å². The zero-order valence-corrected chi connectivity index (χ0v) is 31.5. The minimum atomic E-state index is -0.371. The van der Waals surface area contributed by atoms with Crippen LogP contribution in [0.25, 0.3) is 0 Å². The molecule has 0 saturated carbocycles. The van der Waals surface area contributed by atoms with Crippen molar-refractivity contribution in [1.82, 2.24) is 10.6 Å². The first kappa shape index (κ1) is 40.5. The van der Waals surface area contributed by atoms with E-state index in [2.05, 4.69) is 10.6 Å². The SMILES string of the molecule is CC(C)(C)c1cc(C(=O)CC(=O)NCCCCCCNC(=O)CC(=O)c2cc(C(C)(C)C)c(O)c(C(C)(C)C)c2)cc(C(C)(C)C)c1O. The number of phenols is 2. The van der Waals surface area contributed by atoms with E-state index in [0.717, 1.165) is 25.7 Å². The van der Waals surface area contributed by atoms with Gasteiger partial charge in [0.2, 0.25) is 11.8 Å². The number of phenolic OH excluding ortho intramolecular Hbond substituents is 2. The lowest BCUT2D eigenvalue weighted by molar-refractivity contribution is -0.121. The van der Waals surface area contributed by atoms with Gasteiger partial charge in [-0.2, -0.15) is 0 Å². The van der Waals surface area contributed by atoms with Gasteiger partial charge in [0.05, 0.1) is 12.8 Å². The van der Waals surface area contributed by atoms with Gasteiger partial charge < -0.3 is 20.8 Å². The number of Topliss-reactive ketones (excluding diaryl/α,β-unsaturated/α-hetero) is 2. The zero-order valence-electron chi connectivity index (χ0n) is 31.5. The fraction of sp³-hybridized carbons (Fsp3) is 0.600. The molecule has 4 N–H and O–H groups in total. The molecule has 2 aromatic carbocycles. The van der Waals surface area contributed by atoms with E-state index in [0.29, 0.717) is 46.5 Å². The Labute approximate surface area is 288 Å². The normalized spacial score (nSPS) is 12.5. The Bertz CT molecular complexity index is 1310. The summed E-state index contributed by atoms with van der Waals surface area (Å²) in [7, 11) is 0. The van der Waals surface area contributed by atoms with Crippen LogP contribution in [0.15, 0.2) is 24.3 Å². The molecule has 0 aliphatic carbocycles. The topological polar surface area (TPSA) is 133 Å². The van der Waals surface area contributed by atoms with E-state index in [-0.39, 0.29) is 69.4 Å². The van der Waals surface area contributed by atoms with Gasteiger partial charge in [0.15, 0.2) is 11.6 Å². The quantitative estimate of drug-likeness (QED) is 0.0977. The number of ketones is 2. The second kappa shape index (κ2) is 15.7. The highest BCUT2D eigenvalue weighted by Crippen LogP contribution is 2.41. The Kier molecular flexibility index (Phi) is 13.2. The van der Waals surface area contributed by atoms with Gasteiger partial charge in [0, 0.05) is 46.5 Å². The van der Waals surface area contributed by atoms with Crippen molar-refractivity contribution in [3.05, 3.63) is 57.6 Å². The monoisotopic (exact) mass is 664 g/mol. The summed E-state index contributed by atoms with van der Waals surface area (Å²) >= 11 is 0. The Hall–Kier alpha value is -3.68. The smallest absolute Gasteiger partial charge is 0.227 e. The van der Waals surface area contributed by atoms with Crippen molar-refractivity contribution in [2.75, 3.05) is 13.1 Å².